The highest BCUT2D eigenvalue weighted by Crippen LogP contribution is 2.22. The van der Waals surface area contributed by atoms with Crippen LogP contribution < -0.4 is 5.32 Å². The monoisotopic (exact) mass is 317 g/mol. The standard InChI is InChI=1S/C12H16BrNO2S/c1-2-9(15)7-8-14-12(16)6-4-10-3-5-11(13)17-10/h3-6,9,15H,2,7-8H2,1H3,(H,14,16)/b6-4+. The smallest absolute Gasteiger partial charge is 0.244 e. The van der Waals surface area contributed by atoms with E-state index in [0.29, 0.717) is 13.0 Å². The molecule has 1 amide bonds. The third-order valence-electron chi connectivity index (χ3n) is 2.24. The number of rotatable bonds is 6. The fourth-order valence-electron chi connectivity index (χ4n) is 1.20. The first-order valence-corrected chi connectivity index (χ1v) is 7.12. The number of carbonyl (C=O) groups excluding carboxylic acids is 1. The highest BCUT2D eigenvalue weighted by molar-refractivity contribution is 9.11. The molecule has 0 aromatic carbocycles. The van der Waals surface area contributed by atoms with Crippen molar-refractivity contribution in [3.8, 4) is 0 Å². The second-order valence-corrected chi connectivity index (χ2v) is 6.11. The molecule has 1 aromatic heterocycles. The van der Waals surface area contributed by atoms with Crippen LogP contribution in [0.1, 0.15) is 24.6 Å². The van der Waals surface area contributed by atoms with E-state index in [-0.39, 0.29) is 12.0 Å². The van der Waals surface area contributed by atoms with Gasteiger partial charge in [0.25, 0.3) is 0 Å². The Morgan fingerprint density at radius 3 is 3.00 bits per heavy atom. The number of hydrogen-bond donors (Lipinski definition) is 2. The predicted octanol–water partition coefficient (Wildman–Crippen LogP) is 2.80. The van der Waals surface area contributed by atoms with E-state index in [2.05, 4.69) is 21.2 Å². The topological polar surface area (TPSA) is 49.3 Å². The van der Waals surface area contributed by atoms with E-state index in [9.17, 15) is 9.90 Å². The largest absolute Gasteiger partial charge is 0.393 e. The number of nitrogens with one attached hydrogen (secondary N) is 1. The van der Waals surface area contributed by atoms with E-state index in [4.69, 9.17) is 0 Å². The number of amides is 1. The van der Waals surface area contributed by atoms with Crippen LogP contribution in [0, 0.1) is 0 Å². The Bertz CT molecular complexity index is 390. The van der Waals surface area contributed by atoms with Gasteiger partial charge in [-0.2, -0.15) is 0 Å². The molecule has 1 atom stereocenters. The zero-order chi connectivity index (χ0) is 12.7. The maximum atomic E-state index is 11.4. The van der Waals surface area contributed by atoms with Gasteiger partial charge in [-0.15, -0.1) is 11.3 Å². The molecule has 0 saturated heterocycles. The first-order valence-electron chi connectivity index (χ1n) is 5.51. The van der Waals surface area contributed by atoms with Crippen LogP contribution in [0.4, 0.5) is 0 Å². The molecule has 17 heavy (non-hydrogen) atoms. The van der Waals surface area contributed by atoms with E-state index in [1.165, 1.54) is 6.08 Å². The molecule has 3 nitrogen and oxygen atoms in total. The number of carbonyl (C=O) groups is 1. The second-order valence-electron chi connectivity index (χ2n) is 3.62. The molecule has 0 bridgehead atoms. The van der Waals surface area contributed by atoms with Crippen molar-refractivity contribution in [2.75, 3.05) is 6.54 Å². The summed E-state index contributed by atoms with van der Waals surface area (Å²) in [6.07, 6.45) is 4.28. The lowest BCUT2D eigenvalue weighted by Crippen LogP contribution is -2.25. The first kappa shape index (κ1) is 14.4. The van der Waals surface area contributed by atoms with Crippen LogP contribution in [-0.2, 0) is 4.79 Å². The first-order chi connectivity index (χ1) is 8.11. The van der Waals surface area contributed by atoms with Crippen LogP contribution in [-0.4, -0.2) is 23.7 Å². The van der Waals surface area contributed by atoms with E-state index >= 15 is 0 Å². The molecular formula is C12H16BrNO2S. The van der Waals surface area contributed by atoms with Gasteiger partial charge in [0, 0.05) is 17.5 Å². The van der Waals surface area contributed by atoms with Crippen LogP contribution in [0.2, 0.25) is 0 Å². The Balaban J connectivity index is 2.27. The molecule has 0 fully saturated rings. The van der Waals surface area contributed by atoms with Crippen LogP contribution in [0.25, 0.3) is 6.08 Å². The molecule has 0 aliphatic heterocycles. The van der Waals surface area contributed by atoms with Gasteiger partial charge in [0.15, 0.2) is 0 Å². The summed E-state index contributed by atoms with van der Waals surface area (Å²) in [5, 5.41) is 12.0. The van der Waals surface area contributed by atoms with Crippen LogP contribution in [0.3, 0.4) is 0 Å². The predicted molar refractivity (Wildman–Crippen MR) is 75.0 cm³/mol. The molecule has 0 spiro atoms. The van der Waals surface area contributed by atoms with Crippen molar-refractivity contribution < 1.29 is 9.90 Å². The van der Waals surface area contributed by atoms with Gasteiger partial charge in [-0.1, -0.05) is 6.92 Å². The van der Waals surface area contributed by atoms with Crippen molar-refractivity contribution >= 4 is 39.2 Å². The molecule has 1 heterocycles. The quantitative estimate of drug-likeness (QED) is 0.793. The SMILES string of the molecule is CCC(O)CCNC(=O)/C=C/c1ccc(Br)s1. The third-order valence-corrected chi connectivity index (χ3v) is 3.83. The average molecular weight is 318 g/mol. The van der Waals surface area contributed by atoms with E-state index in [1.54, 1.807) is 17.4 Å². The molecule has 0 aliphatic carbocycles. The summed E-state index contributed by atoms with van der Waals surface area (Å²) in [5.74, 6) is -0.127. The van der Waals surface area contributed by atoms with Gasteiger partial charge >= 0.3 is 0 Å². The zero-order valence-corrected chi connectivity index (χ0v) is 12.1. The summed E-state index contributed by atoms with van der Waals surface area (Å²) in [4.78, 5) is 12.4. The average Bonchev–Trinajstić information content (AvgIpc) is 2.72. The lowest BCUT2D eigenvalue weighted by molar-refractivity contribution is -0.116. The molecule has 2 N–H and O–H groups in total. The molecule has 94 valence electrons. The number of aliphatic hydroxyl groups excluding tert-OH is 1. The third kappa shape index (κ3) is 6.00. The maximum absolute atomic E-state index is 11.4. The Labute approximate surface area is 114 Å². The summed E-state index contributed by atoms with van der Waals surface area (Å²) < 4.78 is 1.05. The molecule has 0 aliphatic rings. The minimum absolute atomic E-state index is 0.127. The summed E-state index contributed by atoms with van der Waals surface area (Å²) in [6, 6.07) is 3.89. The van der Waals surface area contributed by atoms with Crippen molar-refractivity contribution in [2.45, 2.75) is 25.9 Å². The Kier molecular flexibility index (Phi) is 6.47. The molecule has 0 radical (unpaired) electrons. The molecule has 5 heteroatoms. The van der Waals surface area contributed by atoms with Gasteiger partial charge < -0.3 is 10.4 Å². The number of thiophene rings is 1. The molecule has 1 aromatic rings. The normalized spacial score (nSPS) is 12.9. The highest BCUT2D eigenvalue weighted by atomic mass is 79.9. The van der Waals surface area contributed by atoms with E-state index in [0.717, 1.165) is 15.1 Å². The lowest BCUT2D eigenvalue weighted by Gasteiger charge is -2.06. The van der Waals surface area contributed by atoms with Crippen LogP contribution >= 0.6 is 27.3 Å². The van der Waals surface area contributed by atoms with Gasteiger partial charge in [-0.3, -0.25) is 4.79 Å². The molecular weight excluding hydrogens is 302 g/mol. The summed E-state index contributed by atoms with van der Waals surface area (Å²) in [5.41, 5.74) is 0. The highest BCUT2D eigenvalue weighted by Gasteiger charge is 2.01. The Hall–Kier alpha value is -0.650. The zero-order valence-electron chi connectivity index (χ0n) is 9.65. The summed E-state index contributed by atoms with van der Waals surface area (Å²) >= 11 is 4.93. The lowest BCUT2D eigenvalue weighted by atomic mass is 10.2. The van der Waals surface area contributed by atoms with Crippen molar-refractivity contribution in [1.82, 2.24) is 5.32 Å². The fourth-order valence-corrected chi connectivity index (χ4v) is 2.53. The fraction of sp³-hybridized carbons (Fsp3) is 0.417. The van der Waals surface area contributed by atoms with E-state index in [1.807, 2.05) is 19.1 Å². The van der Waals surface area contributed by atoms with Gasteiger partial charge in [0.2, 0.25) is 5.91 Å². The minimum Gasteiger partial charge on any atom is -0.393 e. The Morgan fingerprint density at radius 1 is 1.65 bits per heavy atom. The second kappa shape index (κ2) is 7.63. The van der Waals surface area contributed by atoms with Gasteiger partial charge in [-0.25, -0.2) is 0 Å². The molecule has 1 unspecified atom stereocenters. The van der Waals surface area contributed by atoms with Crippen LogP contribution in [0.5, 0.6) is 0 Å². The van der Waals surface area contributed by atoms with Crippen molar-refractivity contribution in [1.29, 1.82) is 0 Å². The molecule has 0 saturated carbocycles. The van der Waals surface area contributed by atoms with Gasteiger partial charge in [-0.05, 0) is 47.0 Å². The minimum atomic E-state index is -0.326. The maximum Gasteiger partial charge on any atom is 0.244 e. The van der Waals surface area contributed by atoms with Gasteiger partial charge in [0.05, 0.1) is 9.89 Å². The van der Waals surface area contributed by atoms with Gasteiger partial charge in [0.1, 0.15) is 0 Å². The molecule has 1 rings (SSSR count). The number of hydrogen-bond acceptors (Lipinski definition) is 3. The Morgan fingerprint density at radius 2 is 2.41 bits per heavy atom. The summed E-state index contributed by atoms with van der Waals surface area (Å²) in [7, 11) is 0. The van der Waals surface area contributed by atoms with Crippen molar-refractivity contribution in [3.05, 3.63) is 26.9 Å². The van der Waals surface area contributed by atoms with E-state index < -0.39 is 0 Å². The van der Waals surface area contributed by atoms with Crippen molar-refractivity contribution in [3.63, 3.8) is 0 Å². The van der Waals surface area contributed by atoms with Crippen molar-refractivity contribution in [2.24, 2.45) is 0 Å². The number of halogens is 1. The number of aliphatic hydroxyl groups is 1. The van der Waals surface area contributed by atoms with Crippen LogP contribution in [0.15, 0.2) is 22.0 Å². The summed E-state index contributed by atoms with van der Waals surface area (Å²) in [6.45, 7) is 2.42.